The number of aliphatic hydroxyl groups is 1. The Kier molecular flexibility index (Phi) is 5.74. The topological polar surface area (TPSA) is 49.3 Å². The molecule has 1 fully saturated rings. The normalized spacial score (nSPS) is 24.1. The van der Waals surface area contributed by atoms with Crippen molar-refractivity contribution >= 4 is 5.91 Å². The molecular weight excluding hydrogens is 269 g/mol. The first-order valence-electron chi connectivity index (χ1n) is 7.79. The van der Waals surface area contributed by atoms with Crippen LogP contribution in [0.15, 0.2) is 24.3 Å². The molecule has 3 nitrogen and oxygen atoms in total. The average molecular weight is 293 g/mol. The summed E-state index contributed by atoms with van der Waals surface area (Å²) in [5.41, 5.74) is 0.421. The molecule has 0 saturated heterocycles. The molecule has 4 heteroatoms. The van der Waals surface area contributed by atoms with Crippen molar-refractivity contribution in [3.05, 3.63) is 35.6 Å². The molecule has 0 aromatic heterocycles. The minimum Gasteiger partial charge on any atom is -0.396 e. The molecular formula is C17H24FNO2. The van der Waals surface area contributed by atoms with Crippen molar-refractivity contribution in [2.24, 2.45) is 5.92 Å². The number of halogens is 1. The Morgan fingerprint density at radius 2 is 2.05 bits per heavy atom. The minimum absolute atomic E-state index is 0.000719. The molecule has 0 bridgehead atoms. The summed E-state index contributed by atoms with van der Waals surface area (Å²) in [6.45, 7) is 1.82. The van der Waals surface area contributed by atoms with Crippen molar-refractivity contribution < 1.29 is 14.3 Å². The highest BCUT2D eigenvalue weighted by molar-refractivity contribution is 5.83. The molecule has 1 aliphatic carbocycles. The van der Waals surface area contributed by atoms with E-state index in [1.807, 2.05) is 0 Å². The van der Waals surface area contributed by atoms with E-state index in [0.29, 0.717) is 5.56 Å². The number of rotatable bonds is 4. The van der Waals surface area contributed by atoms with Gasteiger partial charge in [0.05, 0.1) is 5.92 Å². The molecule has 1 aromatic carbocycles. The van der Waals surface area contributed by atoms with Crippen LogP contribution in [-0.4, -0.2) is 23.7 Å². The van der Waals surface area contributed by atoms with E-state index in [1.54, 1.807) is 25.1 Å². The largest absolute Gasteiger partial charge is 0.396 e. The predicted molar refractivity (Wildman–Crippen MR) is 80.4 cm³/mol. The van der Waals surface area contributed by atoms with E-state index in [0.717, 1.165) is 32.1 Å². The van der Waals surface area contributed by atoms with Gasteiger partial charge in [0, 0.05) is 18.6 Å². The van der Waals surface area contributed by atoms with E-state index in [-0.39, 0.29) is 30.3 Å². The van der Waals surface area contributed by atoms with Crippen LogP contribution in [0.4, 0.5) is 4.39 Å². The van der Waals surface area contributed by atoms with Gasteiger partial charge in [0.25, 0.3) is 0 Å². The first-order valence-corrected chi connectivity index (χ1v) is 7.79. The summed E-state index contributed by atoms with van der Waals surface area (Å²) in [4.78, 5) is 12.4. The lowest BCUT2D eigenvalue weighted by atomic mass is 9.93. The van der Waals surface area contributed by atoms with Gasteiger partial charge in [-0.05, 0) is 31.4 Å². The molecule has 0 spiro atoms. The quantitative estimate of drug-likeness (QED) is 0.838. The average Bonchev–Trinajstić information content (AvgIpc) is 2.72. The third-order valence-electron chi connectivity index (χ3n) is 4.49. The number of aliphatic hydroxyl groups excluding tert-OH is 1. The Labute approximate surface area is 125 Å². The molecule has 2 rings (SSSR count). The Hall–Kier alpha value is -1.42. The third-order valence-corrected chi connectivity index (χ3v) is 4.49. The lowest BCUT2D eigenvalue weighted by molar-refractivity contribution is -0.123. The molecule has 0 radical (unpaired) electrons. The molecule has 3 atom stereocenters. The van der Waals surface area contributed by atoms with Crippen LogP contribution in [0.25, 0.3) is 0 Å². The first kappa shape index (κ1) is 16.0. The van der Waals surface area contributed by atoms with E-state index >= 15 is 0 Å². The van der Waals surface area contributed by atoms with Gasteiger partial charge in [-0.15, -0.1) is 0 Å². The highest BCUT2D eigenvalue weighted by Crippen LogP contribution is 2.25. The molecule has 0 aliphatic heterocycles. The van der Waals surface area contributed by atoms with Gasteiger partial charge >= 0.3 is 0 Å². The molecule has 3 unspecified atom stereocenters. The van der Waals surface area contributed by atoms with Crippen molar-refractivity contribution in [1.82, 2.24) is 5.32 Å². The van der Waals surface area contributed by atoms with Gasteiger partial charge in [0.1, 0.15) is 5.82 Å². The van der Waals surface area contributed by atoms with Crippen molar-refractivity contribution in [3.63, 3.8) is 0 Å². The summed E-state index contributed by atoms with van der Waals surface area (Å²) in [6, 6.07) is 6.39. The maximum absolute atomic E-state index is 13.8. The predicted octanol–water partition coefficient (Wildman–Crippen LogP) is 2.99. The van der Waals surface area contributed by atoms with Crippen LogP contribution in [-0.2, 0) is 4.79 Å². The van der Waals surface area contributed by atoms with Crippen LogP contribution in [0.5, 0.6) is 0 Å². The third kappa shape index (κ3) is 4.03. The number of benzene rings is 1. The van der Waals surface area contributed by atoms with Crippen LogP contribution in [0.3, 0.4) is 0 Å². The molecule has 0 heterocycles. The second kappa shape index (κ2) is 7.55. The molecule has 1 aromatic rings. The van der Waals surface area contributed by atoms with E-state index in [1.165, 1.54) is 6.07 Å². The summed E-state index contributed by atoms with van der Waals surface area (Å²) in [6.07, 6.45) is 5.14. The van der Waals surface area contributed by atoms with Gasteiger partial charge in [-0.3, -0.25) is 4.79 Å². The number of hydrogen-bond donors (Lipinski definition) is 2. The molecule has 116 valence electrons. The van der Waals surface area contributed by atoms with Gasteiger partial charge in [0.2, 0.25) is 5.91 Å². The zero-order valence-corrected chi connectivity index (χ0v) is 12.5. The van der Waals surface area contributed by atoms with Crippen LogP contribution >= 0.6 is 0 Å². The molecule has 2 N–H and O–H groups in total. The van der Waals surface area contributed by atoms with E-state index in [2.05, 4.69) is 5.32 Å². The zero-order valence-electron chi connectivity index (χ0n) is 12.5. The van der Waals surface area contributed by atoms with E-state index < -0.39 is 5.92 Å². The maximum Gasteiger partial charge on any atom is 0.227 e. The Bertz CT molecular complexity index is 478. The maximum atomic E-state index is 13.8. The Morgan fingerprint density at radius 1 is 1.33 bits per heavy atom. The summed E-state index contributed by atoms with van der Waals surface area (Å²) < 4.78 is 13.8. The fraction of sp³-hybridized carbons (Fsp3) is 0.588. The van der Waals surface area contributed by atoms with Crippen molar-refractivity contribution in [2.45, 2.75) is 51.0 Å². The minimum atomic E-state index is -0.520. The van der Waals surface area contributed by atoms with Crippen LogP contribution < -0.4 is 5.32 Å². The molecule has 21 heavy (non-hydrogen) atoms. The van der Waals surface area contributed by atoms with Gasteiger partial charge < -0.3 is 10.4 Å². The number of nitrogens with one attached hydrogen (secondary N) is 1. The standard InChI is InChI=1S/C17H24FNO2/c1-12(14-8-5-6-9-15(14)18)17(21)19-16-10-4-2-3-7-13(16)11-20/h5-6,8-9,12-13,16,20H,2-4,7,10-11H2,1H3,(H,19,21). The van der Waals surface area contributed by atoms with Gasteiger partial charge in [-0.2, -0.15) is 0 Å². The first-order chi connectivity index (χ1) is 10.1. The Balaban J connectivity index is 2.04. The molecule has 1 amide bonds. The second-order valence-corrected chi connectivity index (χ2v) is 5.94. The molecule has 1 aliphatic rings. The van der Waals surface area contributed by atoms with Crippen molar-refractivity contribution in [1.29, 1.82) is 0 Å². The number of amides is 1. The monoisotopic (exact) mass is 293 g/mol. The van der Waals surface area contributed by atoms with Crippen molar-refractivity contribution in [3.8, 4) is 0 Å². The van der Waals surface area contributed by atoms with Crippen LogP contribution in [0, 0.1) is 11.7 Å². The highest BCUT2D eigenvalue weighted by atomic mass is 19.1. The van der Waals surface area contributed by atoms with Crippen LogP contribution in [0.1, 0.15) is 50.5 Å². The number of carbonyl (C=O) groups is 1. The molecule has 1 saturated carbocycles. The summed E-state index contributed by atoms with van der Waals surface area (Å²) in [5.74, 6) is -0.914. The summed E-state index contributed by atoms with van der Waals surface area (Å²) in [7, 11) is 0. The van der Waals surface area contributed by atoms with Crippen molar-refractivity contribution in [2.75, 3.05) is 6.61 Å². The second-order valence-electron chi connectivity index (χ2n) is 5.94. The van der Waals surface area contributed by atoms with Gasteiger partial charge in [0.15, 0.2) is 0 Å². The van der Waals surface area contributed by atoms with Crippen LogP contribution in [0.2, 0.25) is 0 Å². The smallest absolute Gasteiger partial charge is 0.227 e. The zero-order chi connectivity index (χ0) is 15.2. The fourth-order valence-electron chi connectivity index (χ4n) is 3.07. The number of carbonyl (C=O) groups excluding carboxylic acids is 1. The number of hydrogen-bond acceptors (Lipinski definition) is 2. The Morgan fingerprint density at radius 3 is 2.76 bits per heavy atom. The summed E-state index contributed by atoms with van der Waals surface area (Å²) in [5, 5.41) is 12.5. The van der Waals surface area contributed by atoms with E-state index in [9.17, 15) is 14.3 Å². The lowest BCUT2D eigenvalue weighted by Gasteiger charge is -2.26. The lowest BCUT2D eigenvalue weighted by Crippen LogP contribution is -2.43. The van der Waals surface area contributed by atoms with E-state index in [4.69, 9.17) is 0 Å². The SMILES string of the molecule is CC(C(=O)NC1CCCCCC1CO)c1ccccc1F. The highest BCUT2D eigenvalue weighted by Gasteiger charge is 2.27. The summed E-state index contributed by atoms with van der Waals surface area (Å²) >= 11 is 0. The fourth-order valence-corrected chi connectivity index (χ4v) is 3.07. The van der Waals surface area contributed by atoms with Gasteiger partial charge in [-0.1, -0.05) is 37.5 Å². The van der Waals surface area contributed by atoms with Gasteiger partial charge in [-0.25, -0.2) is 4.39 Å².